The minimum Gasteiger partial charge on any atom is -0.504 e. The summed E-state index contributed by atoms with van der Waals surface area (Å²) >= 11 is 0. The summed E-state index contributed by atoms with van der Waals surface area (Å²) in [6.45, 7) is 0. The molecule has 0 amide bonds. The van der Waals surface area contributed by atoms with Gasteiger partial charge in [-0.25, -0.2) is 9.37 Å². The van der Waals surface area contributed by atoms with Crippen LogP contribution < -0.4 is 10.2 Å². The first kappa shape index (κ1) is 16.4. The van der Waals surface area contributed by atoms with Gasteiger partial charge in [0.25, 0.3) is 0 Å². The lowest BCUT2D eigenvalue weighted by atomic mass is 9.96. The van der Waals surface area contributed by atoms with Gasteiger partial charge in [0.1, 0.15) is 18.3 Å². The van der Waals surface area contributed by atoms with Crippen molar-refractivity contribution in [3.63, 3.8) is 0 Å². The van der Waals surface area contributed by atoms with E-state index in [1.54, 1.807) is 29.1 Å². The molecule has 27 heavy (non-hydrogen) atoms. The van der Waals surface area contributed by atoms with Gasteiger partial charge in [0.05, 0.1) is 24.1 Å². The molecule has 0 radical (unpaired) electrons. The maximum absolute atomic E-state index is 14.8. The van der Waals surface area contributed by atoms with E-state index in [-0.39, 0.29) is 17.8 Å². The van der Waals surface area contributed by atoms with Crippen LogP contribution >= 0.6 is 0 Å². The fourth-order valence-electron chi connectivity index (χ4n) is 4.24. The number of anilines is 1. The van der Waals surface area contributed by atoms with Crippen LogP contribution in [0.25, 0.3) is 16.9 Å². The molecule has 2 aliphatic heterocycles. The van der Waals surface area contributed by atoms with Crippen LogP contribution in [-0.4, -0.2) is 61.0 Å². The van der Waals surface area contributed by atoms with Crippen LogP contribution in [0.1, 0.15) is 19.3 Å². The molecule has 9 heteroatoms. The molecular weight excluding hydrogens is 349 g/mol. The molecule has 0 aromatic carbocycles. The Balaban J connectivity index is 1.42. The van der Waals surface area contributed by atoms with Gasteiger partial charge in [-0.3, -0.25) is 9.38 Å². The van der Waals surface area contributed by atoms with Crippen LogP contribution in [0, 0.1) is 0 Å². The molecule has 2 saturated heterocycles. The summed E-state index contributed by atoms with van der Waals surface area (Å²) in [6.07, 6.45) is 8.26. The van der Waals surface area contributed by atoms with Gasteiger partial charge in [0, 0.05) is 30.9 Å². The van der Waals surface area contributed by atoms with E-state index in [1.165, 1.54) is 6.33 Å². The monoisotopic (exact) mass is 369 g/mol. The molecule has 2 fully saturated rings. The Morgan fingerprint density at radius 1 is 1.30 bits per heavy atom. The number of halogens is 1. The van der Waals surface area contributed by atoms with Gasteiger partial charge in [-0.15, -0.1) is 10.2 Å². The molecule has 3 aromatic heterocycles. The highest BCUT2D eigenvalue weighted by Crippen LogP contribution is 2.34. The molecule has 4 atom stereocenters. The van der Waals surface area contributed by atoms with Gasteiger partial charge in [0.15, 0.2) is 5.75 Å². The zero-order valence-electron chi connectivity index (χ0n) is 14.8. The molecule has 0 aliphatic carbocycles. The van der Waals surface area contributed by atoms with Crippen molar-refractivity contribution in [3.8, 4) is 17.0 Å². The fourth-order valence-corrected chi connectivity index (χ4v) is 4.24. The summed E-state index contributed by atoms with van der Waals surface area (Å²) in [5.41, 5.74) is 1.42. The van der Waals surface area contributed by atoms with Gasteiger partial charge in [-0.05, 0) is 25.3 Å². The highest BCUT2D eigenvalue weighted by atomic mass is 19.1. The number of hydrogen-bond donors (Lipinski definition) is 2. The molecule has 2 bridgehead atoms. The largest absolute Gasteiger partial charge is 0.504 e. The predicted molar refractivity (Wildman–Crippen MR) is 97.3 cm³/mol. The summed E-state index contributed by atoms with van der Waals surface area (Å²) in [6, 6.07) is 1.86. The minimum atomic E-state index is -0.922. The Morgan fingerprint density at radius 3 is 3.00 bits per heavy atom. The molecule has 3 aromatic rings. The number of piperidine rings is 1. The molecule has 2 N–H and O–H groups in total. The number of aromatic hydroxyl groups is 1. The third-order valence-corrected chi connectivity index (χ3v) is 5.77. The van der Waals surface area contributed by atoms with E-state index in [9.17, 15) is 9.50 Å². The quantitative estimate of drug-likeness (QED) is 0.724. The second kappa shape index (κ2) is 6.12. The molecule has 5 heterocycles. The van der Waals surface area contributed by atoms with E-state index < -0.39 is 6.17 Å². The van der Waals surface area contributed by atoms with Crippen molar-refractivity contribution in [3.05, 3.63) is 31.0 Å². The van der Waals surface area contributed by atoms with Gasteiger partial charge < -0.3 is 15.3 Å². The van der Waals surface area contributed by atoms with Crippen LogP contribution in [0.5, 0.6) is 5.75 Å². The van der Waals surface area contributed by atoms with E-state index in [0.29, 0.717) is 28.8 Å². The smallest absolute Gasteiger partial charge is 0.203 e. The Morgan fingerprint density at radius 2 is 2.19 bits per heavy atom. The van der Waals surface area contributed by atoms with Crippen molar-refractivity contribution in [2.75, 3.05) is 11.9 Å². The molecule has 0 spiro atoms. The molecular formula is C18H20FN7O. The average molecular weight is 369 g/mol. The highest BCUT2D eigenvalue weighted by molar-refractivity contribution is 5.74. The number of fused-ring (bicyclic) bond motifs is 3. The summed E-state index contributed by atoms with van der Waals surface area (Å²) in [5.74, 6) is 0.625. The van der Waals surface area contributed by atoms with Crippen molar-refractivity contribution >= 4 is 11.5 Å². The number of aromatic nitrogens is 5. The lowest BCUT2D eigenvalue weighted by Crippen LogP contribution is -2.55. The normalized spacial score (nSPS) is 27.2. The third kappa shape index (κ3) is 2.61. The molecule has 2 aliphatic rings. The maximum Gasteiger partial charge on any atom is 0.203 e. The van der Waals surface area contributed by atoms with Crippen molar-refractivity contribution in [1.82, 2.24) is 29.9 Å². The number of rotatable bonds is 3. The van der Waals surface area contributed by atoms with Crippen LogP contribution in [0.2, 0.25) is 0 Å². The lowest BCUT2D eigenvalue weighted by Gasteiger charge is -2.38. The van der Waals surface area contributed by atoms with Gasteiger partial charge >= 0.3 is 0 Å². The zero-order chi connectivity index (χ0) is 18.5. The van der Waals surface area contributed by atoms with E-state index in [0.717, 1.165) is 19.3 Å². The first-order valence-corrected chi connectivity index (χ1v) is 9.08. The van der Waals surface area contributed by atoms with Gasteiger partial charge in [-0.1, -0.05) is 0 Å². The Kier molecular flexibility index (Phi) is 3.71. The fraction of sp³-hybridized carbons (Fsp3) is 0.444. The third-order valence-electron chi connectivity index (χ3n) is 5.77. The van der Waals surface area contributed by atoms with Crippen LogP contribution in [0.15, 0.2) is 31.0 Å². The van der Waals surface area contributed by atoms with Crippen LogP contribution in [-0.2, 0) is 0 Å². The number of nitrogens with zero attached hydrogens (tertiary/aromatic N) is 6. The minimum absolute atomic E-state index is 0.00385. The maximum atomic E-state index is 14.8. The molecule has 5 rings (SSSR count). The van der Waals surface area contributed by atoms with E-state index in [4.69, 9.17) is 0 Å². The lowest BCUT2D eigenvalue weighted by molar-refractivity contribution is 0.176. The van der Waals surface area contributed by atoms with Gasteiger partial charge in [0.2, 0.25) is 5.65 Å². The summed E-state index contributed by atoms with van der Waals surface area (Å²) < 4.78 is 16.4. The standard InChI is InChI=1S/C18H20FN7O/c1-25(14-6-10-2-3-12(23-10)16(14)19)15-8-20-13(7-21-15)11-4-5-26-9-22-24-18(26)17(11)27/h4-5,7-10,12,14,16,23,27H,2-3,6H2,1H3/t10?,12?,14-,16+/m1/s1. The highest BCUT2D eigenvalue weighted by Gasteiger charge is 2.43. The Bertz CT molecular complexity index is 976. The van der Waals surface area contributed by atoms with Crippen molar-refractivity contribution in [1.29, 1.82) is 0 Å². The van der Waals surface area contributed by atoms with E-state index in [2.05, 4.69) is 25.5 Å². The van der Waals surface area contributed by atoms with Crippen molar-refractivity contribution in [2.24, 2.45) is 0 Å². The number of alkyl halides is 1. The average Bonchev–Trinajstić information content (AvgIpc) is 3.33. The van der Waals surface area contributed by atoms with Crippen LogP contribution in [0.3, 0.4) is 0 Å². The molecule has 2 unspecified atom stereocenters. The van der Waals surface area contributed by atoms with E-state index >= 15 is 0 Å². The first-order chi connectivity index (χ1) is 13.1. The van der Waals surface area contributed by atoms with Crippen molar-refractivity contribution in [2.45, 2.75) is 43.6 Å². The predicted octanol–water partition coefficient (Wildman–Crippen LogP) is 1.56. The number of hydrogen-bond acceptors (Lipinski definition) is 7. The zero-order valence-corrected chi connectivity index (χ0v) is 14.8. The number of pyridine rings is 1. The molecule has 8 nitrogen and oxygen atoms in total. The van der Waals surface area contributed by atoms with Crippen LogP contribution in [0.4, 0.5) is 10.2 Å². The topological polar surface area (TPSA) is 91.5 Å². The first-order valence-electron chi connectivity index (χ1n) is 9.08. The van der Waals surface area contributed by atoms with E-state index in [1.807, 2.05) is 11.9 Å². The van der Waals surface area contributed by atoms with Crippen molar-refractivity contribution < 1.29 is 9.50 Å². The number of nitrogens with one attached hydrogen (secondary N) is 1. The molecule has 0 saturated carbocycles. The second-order valence-corrected chi connectivity index (χ2v) is 7.31. The second-order valence-electron chi connectivity index (χ2n) is 7.31. The molecule has 140 valence electrons. The SMILES string of the molecule is CN(c1cnc(-c2ccn3cnnc3c2O)cn1)[C@@H]1CC2CCC(N2)[C@@H]1F. The van der Waals surface area contributed by atoms with Gasteiger partial charge in [-0.2, -0.15) is 0 Å². The summed E-state index contributed by atoms with van der Waals surface area (Å²) in [7, 11) is 1.87. The Hall–Kier alpha value is -2.81. The summed E-state index contributed by atoms with van der Waals surface area (Å²) in [5, 5.41) is 21.4. The summed E-state index contributed by atoms with van der Waals surface area (Å²) in [4.78, 5) is 10.8. The Labute approximate surface area is 155 Å².